The monoisotopic (exact) mass is 237 g/mol. The zero-order chi connectivity index (χ0) is 12.7. The maximum absolute atomic E-state index is 11.1. The van der Waals surface area contributed by atoms with Gasteiger partial charge in [0.25, 0.3) is 0 Å². The van der Waals surface area contributed by atoms with Crippen molar-refractivity contribution in [1.29, 1.82) is 0 Å². The molecule has 0 saturated carbocycles. The van der Waals surface area contributed by atoms with E-state index < -0.39 is 49.8 Å². The molecule has 16 heavy (non-hydrogen) atoms. The quantitative estimate of drug-likeness (QED) is 0.282. The van der Waals surface area contributed by atoms with E-state index in [0.717, 1.165) is 0 Å². The van der Waals surface area contributed by atoms with Gasteiger partial charge >= 0.3 is 5.97 Å². The second-order valence-corrected chi connectivity index (χ2v) is 3.02. The molecule has 0 aliphatic rings. The molecule has 0 aromatic heterocycles. The molecule has 0 amide bonds. The highest BCUT2D eigenvalue weighted by Gasteiger charge is 2.30. The average Bonchev–Trinajstić information content (AvgIpc) is 2.32. The number of rotatable bonds is 7. The van der Waals surface area contributed by atoms with Gasteiger partial charge in [0.1, 0.15) is 18.3 Å². The lowest BCUT2D eigenvalue weighted by atomic mass is 10.1. The van der Waals surface area contributed by atoms with Gasteiger partial charge in [-0.05, 0) is 0 Å². The molecule has 0 saturated heterocycles. The zero-order valence-electron chi connectivity index (χ0n) is 8.44. The molecule has 0 radical (unpaired) electrons. The van der Waals surface area contributed by atoms with E-state index in [1.165, 1.54) is 0 Å². The Morgan fingerprint density at radius 2 is 1.81 bits per heavy atom. The SMILES string of the molecule is NCC(=O)OCC(=O)[C@@H](O)[C@H](O)[C@H](O)CO. The minimum absolute atomic E-state index is 0.412. The second kappa shape index (κ2) is 7.25. The predicted molar refractivity (Wildman–Crippen MR) is 50.1 cm³/mol. The number of hydrogen-bond acceptors (Lipinski definition) is 8. The van der Waals surface area contributed by atoms with E-state index in [1.807, 2.05) is 0 Å². The lowest BCUT2D eigenvalue weighted by Gasteiger charge is -2.20. The van der Waals surface area contributed by atoms with Crippen LogP contribution >= 0.6 is 0 Å². The lowest BCUT2D eigenvalue weighted by molar-refractivity contribution is -0.154. The van der Waals surface area contributed by atoms with Gasteiger partial charge in [0.05, 0.1) is 13.2 Å². The van der Waals surface area contributed by atoms with Crippen molar-refractivity contribution in [1.82, 2.24) is 0 Å². The Morgan fingerprint density at radius 1 is 1.25 bits per heavy atom. The van der Waals surface area contributed by atoms with E-state index in [-0.39, 0.29) is 0 Å². The van der Waals surface area contributed by atoms with Crippen LogP contribution < -0.4 is 5.73 Å². The first-order chi connectivity index (χ1) is 7.43. The maximum atomic E-state index is 11.1. The summed E-state index contributed by atoms with van der Waals surface area (Å²) in [6.45, 7) is -1.98. The highest BCUT2D eigenvalue weighted by atomic mass is 16.5. The molecule has 0 bridgehead atoms. The molecule has 94 valence electrons. The lowest BCUT2D eigenvalue weighted by Crippen LogP contribution is -2.45. The largest absolute Gasteiger partial charge is 0.457 e. The summed E-state index contributed by atoms with van der Waals surface area (Å²) in [5.41, 5.74) is 4.89. The third-order valence-corrected chi connectivity index (χ3v) is 1.78. The fourth-order valence-electron chi connectivity index (χ4n) is 0.805. The van der Waals surface area contributed by atoms with Crippen molar-refractivity contribution in [2.75, 3.05) is 19.8 Å². The zero-order valence-corrected chi connectivity index (χ0v) is 8.44. The molecule has 0 fully saturated rings. The van der Waals surface area contributed by atoms with Gasteiger partial charge in [-0.1, -0.05) is 0 Å². The first kappa shape index (κ1) is 14.9. The molecule has 8 nitrogen and oxygen atoms in total. The fraction of sp³-hybridized carbons (Fsp3) is 0.750. The number of esters is 1. The van der Waals surface area contributed by atoms with Crippen LogP contribution in [0.5, 0.6) is 0 Å². The molecule has 0 aromatic carbocycles. The van der Waals surface area contributed by atoms with Gasteiger partial charge in [0, 0.05) is 0 Å². The molecule has 0 aliphatic carbocycles. The summed E-state index contributed by atoms with van der Waals surface area (Å²) in [5, 5.41) is 35.7. The Kier molecular flexibility index (Phi) is 6.77. The van der Waals surface area contributed by atoms with Crippen LogP contribution in [0.2, 0.25) is 0 Å². The minimum atomic E-state index is -1.94. The Morgan fingerprint density at radius 3 is 2.25 bits per heavy atom. The Balaban J connectivity index is 4.12. The van der Waals surface area contributed by atoms with Crippen LogP contribution in [0.15, 0.2) is 0 Å². The summed E-state index contributed by atoms with van der Waals surface area (Å²) in [6.07, 6.45) is -5.43. The van der Waals surface area contributed by atoms with Crippen molar-refractivity contribution in [3.05, 3.63) is 0 Å². The number of carbonyl (C=O) groups is 2. The van der Waals surface area contributed by atoms with Crippen molar-refractivity contribution in [3.8, 4) is 0 Å². The average molecular weight is 237 g/mol. The fourth-order valence-corrected chi connectivity index (χ4v) is 0.805. The minimum Gasteiger partial charge on any atom is -0.457 e. The molecular formula is C8H15NO7. The van der Waals surface area contributed by atoms with Crippen LogP contribution in [0.4, 0.5) is 0 Å². The molecule has 0 aromatic rings. The first-order valence-corrected chi connectivity index (χ1v) is 4.47. The Hall–Kier alpha value is -1.06. The molecule has 6 N–H and O–H groups in total. The highest BCUT2D eigenvalue weighted by molar-refractivity contribution is 5.86. The predicted octanol–water partition coefficient (Wildman–Crippen LogP) is -3.87. The topological polar surface area (TPSA) is 150 Å². The number of nitrogens with two attached hydrogens (primary N) is 1. The number of ether oxygens (including phenoxy) is 1. The number of hydrogen-bond donors (Lipinski definition) is 5. The van der Waals surface area contributed by atoms with E-state index in [4.69, 9.17) is 21.1 Å². The molecule has 0 aliphatic heterocycles. The molecule has 0 spiro atoms. The van der Waals surface area contributed by atoms with Crippen LogP contribution in [0.25, 0.3) is 0 Å². The Labute approximate surface area is 91.2 Å². The third kappa shape index (κ3) is 4.64. The van der Waals surface area contributed by atoms with Gasteiger partial charge in [-0.25, -0.2) is 0 Å². The van der Waals surface area contributed by atoms with Crippen LogP contribution in [0, 0.1) is 0 Å². The van der Waals surface area contributed by atoms with E-state index in [9.17, 15) is 14.7 Å². The van der Waals surface area contributed by atoms with E-state index in [2.05, 4.69) is 4.74 Å². The van der Waals surface area contributed by atoms with Gasteiger partial charge in [-0.2, -0.15) is 0 Å². The number of ketones is 1. The maximum Gasteiger partial charge on any atom is 0.320 e. The van der Waals surface area contributed by atoms with Crippen LogP contribution in [0.3, 0.4) is 0 Å². The summed E-state index contributed by atoms with van der Waals surface area (Å²) in [5.74, 6) is -1.83. The summed E-state index contributed by atoms with van der Waals surface area (Å²) >= 11 is 0. The first-order valence-electron chi connectivity index (χ1n) is 4.47. The van der Waals surface area contributed by atoms with Crippen molar-refractivity contribution in [2.24, 2.45) is 5.73 Å². The number of aliphatic hydroxyl groups is 4. The normalized spacial score (nSPS) is 16.3. The number of Topliss-reactive ketones (excluding diaryl/α,β-unsaturated/α-hetero) is 1. The van der Waals surface area contributed by atoms with Crippen LogP contribution in [-0.2, 0) is 14.3 Å². The molecule has 0 rings (SSSR count). The van der Waals surface area contributed by atoms with E-state index in [1.54, 1.807) is 0 Å². The van der Waals surface area contributed by atoms with Crippen LogP contribution in [-0.4, -0.2) is 70.2 Å². The van der Waals surface area contributed by atoms with Crippen molar-refractivity contribution >= 4 is 11.8 Å². The van der Waals surface area contributed by atoms with Crippen LogP contribution in [0.1, 0.15) is 0 Å². The highest BCUT2D eigenvalue weighted by Crippen LogP contribution is 2.01. The third-order valence-electron chi connectivity index (χ3n) is 1.78. The molecule has 3 atom stereocenters. The van der Waals surface area contributed by atoms with Gasteiger partial charge in [-0.15, -0.1) is 0 Å². The molecule has 0 unspecified atom stereocenters. The van der Waals surface area contributed by atoms with Crippen molar-refractivity contribution in [2.45, 2.75) is 18.3 Å². The smallest absolute Gasteiger partial charge is 0.320 e. The van der Waals surface area contributed by atoms with Gasteiger partial charge in [-0.3, -0.25) is 9.59 Å². The second-order valence-electron chi connectivity index (χ2n) is 3.02. The summed E-state index contributed by atoms with van der Waals surface area (Å²) in [7, 11) is 0. The van der Waals surface area contributed by atoms with E-state index >= 15 is 0 Å². The molecular weight excluding hydrogens is 222 g/mol. The standard InChI is InChI=1S/C8H15NO7/c9-1-6(13)16-3-5(12)8(15)7(14)4(11)2-10/h4,7-8,10-11,14-15H,1-3,9H2/t4-,7-,8-/m1/s1. The summed E-state index contributed by atoms with van der Waals surface area (Å²) in [6, 6.07) is 0. The van der Waals surface area contributed by atoms with Crippen molar-refractivity contribution < 1.29 is 34.8 Å². The van der Waals surface area contributed by atoms with Crippen molar-refractivity contribution in [3.63, 3.8) is 0 Å². The summed E-state index contributed by atoms with van der Waals surface area (Å²) < 4.78 is 4.31. The number of carbonyl (C=O) groups excluding carboxylic acids is 2. The summed E-state index contributed by atoms with van der Waals surface area (Å²) in [4.78, 5) is 21.7. The molecule has 8 heteroatoms. The molecule has 0 heterocycles. The van der Waals surface area contributed by atoms with Gasteiger partial charge < -0.3 is 30.9 Å². The Bertz CT molecular complexity index is 245. The van der Waals surface area contributed by atoms with Gasteiger partial charge in [0.2, 0.25) is 5.78 Å². The van der Waals surface area contributed by atoms with Gasteiger partial charge in [0.15, 0.2) is 6.61 Å². The van der Waals surface area contributed by atoms with E-state index in [0.29, 0.717) is 0 Å². The number of aliphatic hydroxyl groups excluding tert-OH is 4.